The number of hydrogen-bond acceptors (Lipinski definition) is 3. The average Bonchev–Trinajstić information content (AvgIpc) is 2.37. The predicted octanol–water partition coefficient (Wildman–Crippen LogP) is 3.25. The third kappa shape index (κ3) is 5.08. The van der Waals surface area contributed by atoms with E-state index in [1.165, 1.54) is 6.92 Å². The van der Waals surface area contributed by atoms with Gasteiger partial charge in [-0.25, -0.2) is 0 Å². The highest BCUT2D eigenvalue weighted by molar-refractivity contribution is 5.98. The van der Waals surface area contributed by atoms with Crippen LogP contribution < -0.4 is 0 Å². The van der Waals surface area contributed by atoms with Crippen molar-refractivity contribution in [2.24, 2.45) is 5.92 Å². The fraction of sp³-hybridized carbons (Fsp3) is 0.375. The molecule has 3 nitrogen and oxygen atoms in total. The third-order valence-electron chi connectivity index (χ3n) is 2.80. The maximum atomic E-state index is 11.7. The van der Waals surface area contributed by atoms with Crippen LogP contribution in [0, 0.1) is 5.92 Å². The largest absolute Gasteiger partial charge is 0.465 e. The van der Waals surface area contributed by atoms with Gasteiger partial charge < -0.3 is 4.74 Å². The zero-order valence-corrected chi connectivity index (χ0v) is 11.7. The second-order valence-electron chi connectivity index (χ2n) is 4.52. The molecular formula is C16H20O3. The van der Waals surface area contributed by atoms with Crippen LogP contribution in [0.1, 0.15) is 32.8 Å². The van der Waals surface area contributed by atoms with Crippen molar-refractivity contribution in [3.05, 3.63) is 41.5 Å². The molecule has 0 amide bonds. The molecule has 0 aliphatic rings. The van der Waals surface area contributed by atoms with Crippen molar-refractivity contribution < 1.29 is 14.3 Å². The summed E-state index contributed by atoms with van der Waals surface area (Å²) in [4.78, 5) is 23.2. The van der Waals surface area contributed by atoms with E-state index in [9.17, 15) is 9.59 Å². The number of carbonyl (C=O) groups excluding carboxylic acids is 2. The van der Waals surface area contributed by atoms with Crippen molar-refractivity contribution in [1.82, 2.24) is 0 Å². The molecule has 0 radical (unpaired) electrons. The van der Waals surface area contributed by atoms with E-state index in [-0.39, 0.29) is 5.78 Å². The van der Waals surface area contributed by atoms with E-state index in [2.05, 4.69) is 0 Å². The smallest absolute Gasteiger partial charge is 0.316 e. The van der Waals surface area contributed by atoms with Crippen LogP contribution in [0.15, 0.2) is 35.9 Å². The highest BCUT2D eigenvalue weighted by atomic mass is 16.5. The molecular weight excluding hydrogens is 240 g/mol. The maximum absolute atomic E-state index is 11.7. The van der Waals surface area contributed by atoms with E-state index < -0.39 is 11.9 Å². The van der Waals surface area contributed by atoms with Crippen molar-refractivity contribution in [3.63, 3.8) is 0 Å². The molecule has 1 atom stereocenters. The Morgan fingerprint density at radius 1 is 1.21 bits per heavy atom. The van der Waals surface area contributed by atoms with Crippen LogP contribution in [0.5, 0.6) is 0 Å². The number of esters is 1. The van der Waals surface area contributed by atoms with Gasteiger partial charge in [0.2, 0.25) is 0 Å². The second kappa shape index (κ2) is 7.52. The van der Waals surface area contributed by atoms with E-state index in [0.717, 1.165) is 11.1 Å². The molecule has 1 aromatic carbocycles. The number of ether oxygens (including phenoxy) is 1. The summed E-state index contributed by atoms with van der Waals surface area (Å²) in [5.41, 5.74) is 2.05. The molecule has 0 saturated carbocycles. The summed E-state index contributed by atoms with van der Waals surface area (Å²) >= 11 is 0. The number of carbonyl (C=O) groups is 2. The van der Waals surface area contributed by atoms with Crippen molar-refractivity contribution in [2.45, 2.75) is 27.2 Å². The van der Waals surface area contributed by atoms with E-state index >= 15 is 0 Å². The summed E-state index contributed by atoms with van der Waals surface area (Å²) in [5.74, 6) is -1.28. The molecule has 0 spiro atoms. The van der Waals surface area contributed by atoms with Crippen LogP contribution in [0.4, 0.5) is 0 Å². The zero-order valence-electron chi connectivity index (χ0n) is 11.7. The minimum Gasteiger partial charge on any atom is -0.465 e. The topological polar surface area (TPSA) is 43.4 Å². The van der Waals surface area contributed by atoms with Gasteiger partial charge in [-0.3, -0.25) is 9.59 Å². The van der Waals surface area contributed by atoms with E-state index in [1.807, 2.05) is 43.3 Å². The summed E-state index contributed by atoms with van der Waals surface area (Å²) in [6.07, 6.45) is 2.39. The van der Waals surface area contributed by atoms with Gasteiger partial charge in [0.1, 0.15) is 11.7 Å². The van der Waals surface area contributed by atoms with Gasteiger partial charge in [0.15, 0.2) is 0 Å². The third-order valence-corrected chi connectivity index (χ3v) is 2.80. The first-order chi connectivity index (χ1) is 9.04. The van der Waals surface area contributed by atoms with Gasteiger partial charge in [0.25, 0.3) is 0 Å². The maximum Gasteiger partial charge on any atom is 0.316 e. The van der Waals surface area contributed by atoms with Crippen molar-refractivity contribution in [3.8, 4) is 0 Å². The average molecular weight is 260 g/mol. The molecule has 0 saturated heterocycles. The molecule has 0 aliphatic heterocycles. The normalized spacial score (nSPS) is 12.9. The number of allylic oxidation sites excluding steroid dienone is 1. The van der Waals surface area contributed by atoms with Gasteiger partial charge in [-0.1, -0.05) is 42.0 Å². The Hall–Kier alpha value is -1.90. The van der Waals surface area contributed by atoms with Crippen LogP contribution >= 0.6 is 0 Å². The fourth-order valence-corrected chi connectivity index (χ4v) is 1.85. The van der Waals surface area contributed by atoms with Gasteiger partial charge in [-0.2, -0.15) is 0 Å². The lowest BCUT2D eigenvalue weighted by Gasteiger charge is -2.12. The second-order valence-corrected chi connectivity index (χ2v) is 4.52. The zero-order chi connectivity index (χ0) is 14.3. The van der Waals surface area contributed by atoms with Crippen LogP contribution in [0.25, 0.3) is 6.08 Å². The summed E-state index contributed by atoms with van der Waals surface area (Å²) < 4.78 is 4.93. The Morgan fingerprint density at radius 2 is 1.84 bits per heavy atom. The minimum absolute atomic E-state index is 0.153. The first-order valence-electron chi connectivity index (χ1n) is 6.44. The lowest BCUT2D eigenvalue weighted by atomic mass is 9.95. The molecule has 0 aliphatic carbocycles. The van der Waals surface area contributed by atoms with Gasteiger partial charge in [0, 0.05) is 0 Å². The molecule has 1 aromatic rings. The molecule has 3 heteroatoms. The molecule has 0 bridgehead atoms. The first kappa shape index (κ1) is 15.2. The summed E-state index contributed by atoms with van der Waals surface area (Å²) in [6.45, 7) is 5.38. The number of ketones is 1. The van der Waals surface area contributed by atoms with Gasteiger partial charge >= 0.3 is 5.97 Å². The highest BCUT2D eigenvalue weighted by Crippen LogP contribution is 2.17. The lowest BCUT2D eigenvalue weighted by Crippen LogP contribution is -2.24. The number of Topliss-reactive ketones (excluding diaryl/α,β-unsaturated/α-hetero) is 1. The standard InChI is InChI=1S/C16H20O3/c1-4-19-16(18)15(13(3)17)11-12(2)10-14-8-6-5-7-9-14/h5-10,15H,4,11H2,1-3H3/b12-10+. The number of benzene rings is 1. The van der Waals surface area contributed by atoms with Crippen LogP contribution in [-0.2, 0) is 14.3 Å². The molecule has 0 N–H and O–H groups in total. The fourth-order valence-electron chi connectivity index (χ4n) is 1.85. The van der Waals surface area contributed by atoms with Crippen LogP contribution in [0.3, 0.4) is 0 Å². The van der Waals surface area contributed by atoms with Crippen molar-refractivity contribution >= 4 is 17.8 Å². The molecule has 0 aromatic heterocycles. The molecule has 102 valence electrons. The summed E-state index contributed by atoms with van der Waals surface area (Å²) in [5, 5.41) is 0. The SMILES string of the molecule is CCOC(=O)C(C/C(C)=C/c1ccccc1)C(C)=O. The molecule has 19 heavy (non-hydrogen) atoms. The minimum atomic E-state index is -0.695. The van der Waals surface area contributed by atoms with Gasteiger partial charge in [-0.15, -0.1) is 0 Å². The first-order valence-corrected chi connectivity index (χ1v) is 6.44. The van der Waals surface area contributed by atoms with Crippen LogP contribution in [-0.4, -0.2) is 18.4 Å². The molecule has 0 heterocycles. The van der Waals surface area contributed by atoms with Gasteiger partial charge in [0.05, 0.1) is 6.61 Å². The Kier molecular flexibility index (Phi) is 6.00. The van der Waals surface area contributed by atoms with E-state index in [1.54, 1.807) is 6.92 Å². The summed E-state index contributed by atoms with van der Waals surface area (Å²) in [6, 6.07) is 9.82. The molecule has 1 rings (SSSR count). The lowest BCUT2D eigenvalue weighted by molar-refractivity contribution is -0.151. The Morgan fingerprint density at radius 3 is 2.37 bits per heavy atom. The van der Waals surface area contributed by atoms with E-state index in [4.69, 9.17) is 4.74 Å². The molecule has 0 fully saturated rings. The Bertz CT molecular complexity index is 460. The Balaban J connectivity index is 2.77. The van der Waals surface area contributed by atoms with Crippen molar-refractivity contribution in [2.75, 3.05) is 6.61 Å². The highest BCUT2D eigenvalue weighted by Gasteiger charge is 2.24. The number of hydrogen-bond donors (Lipinski definition) is 0. The number of rotatable bonds is 6. The molecule has 1 unspecified atom stereocenters. The van der Waals surface area contributed by atoms with E-state index in [0.29, 0.717) is 13.0 Å². The Labute approximate surface area is 114 Å². The van der Waals surface area contributed by atoms with Crippen molar-refractivity contribution in [1.29, 1.82) is 0 Å². The summed E-state index contributed by atoms with van der Waals surface area (Å²) in [7, 11) is 0. The van der Waals surface area contributed by atoms with Crippen LogP contribution in [0.2, 0.25) is 0 Å². The van der Waals surface area contributed by atoms with Gasteiger partial charge in [-0.05, 0) is 32.8 Å². The predicted molar refractivity (Wildman–Crippen MR) is 75.5 cm³/mol. The quantitative estimate of drug-likeness (QED) is 0.582. The monoisotopic (exact) mass is 260 g/mol.